The van der Waals surface area contributed by atoms with Crippen LogP contribution in [0.3, 0.4) is 0 Å². The van der Waals surface area contributed by atoms with Gasteiger partial charge in [0.2, 0.25) is 0 Å². The van der Waals surface area contributed by atoms with Gasteiger partial charge in [-0.25, -0.2) is 9.97 Å². The van der Waals surface area contributed by atoms with Gasteiger partial charge in [0.1, 0.15) is 5.82 Å². The van der Waals surface area contributed by atoms with Gasteiger partial charge in [-0.2, -0.15) is 13.2 Å². The van der Waals surface area contributed by atoms with Crippen LogP contribution in [-0.2, 0) is 6.18 Å². The third-order valence-electron chi connectivity index (χ3n) is 5.06. The number of hydrogen-bond acceptors (Lipinski definition) is 3. The fourth-order valence-electron chi connectivity index (χ4n) is 3.98. The number of halogens is 3. The molecule has 0 aromatic carbocycles. The van der Waals surface area contributed by atoms with Crippen LogP contribution in [-0.4, -0.2) is 25.4 Å². The minimum Gasteiger partial charge on any atom is -0.345 e. The Morgan fingerprint density at radius 2 is 2.12 bits per heavy atom. The van der Waals surface area contributed by atoms with Crippen LogP contribution in [0.25, 0.3) is 16.7 Å². The minimum absolute atomic E-state index is 0.0000699. The predicted octanol–water partition coefficient (Wildman–Crippen LogP) is 3.46. The Labute approximate surface area is 136 Å². The minimum atomic E-state index is -4.52. The van der Waals surface area contributed by atoms with Crippen molar-refractivity contribution in [2.45, 2.75) is 44.3 Å². The largest absolute Gasteiger partial charge is 0.435 e. The zero-order valence-corrected chi connectivity index (χ0v) is 13.1. The zero-order chi connectivity index (χ0) is 17.1. The number of aromatic nitrogens is 4. The van der Waals surface area contributed by atoms with Crippen LogP contribution < -0.4 is 5.73 Å². The first-order valence-corrected chi connectivity index (χ1v) is 8.07. The maximum absolute atomic E-state index is 13.5. The number of nitrogens with two attached hydrogens (primary N) is 1. The van der Waals surface area contributed by atoms with Gasteiger partial charge in [0.05, 0.1) is 17.2 Å². The van der Waals surface area contributed by atoms with E-state index in [1.165, 1.54) is 6.20 Å². The van der Waals surface area contributed by atoms with Gasteiger partial charge in [0.25, 0.3) is 0 Å². The van der Waals surface area contributed by atoms with E-state index in [0.717, 1.165) is 12.8 Å². The molecule has 1 aliphatic carbocycles. The van der Waals surface area contributed by atoms with E-state index in [-0.39, 0.29) is 23.4 Å². The van der Waals surface area contributed by atoms with Crippen LogP contribution in [0.15, 0.2) is 18.5 Å². The molecular weight excluding hydrogens is 319 g/mol. The van der Waals surface area contributed by atoms with Crippen LogP contribution in [0.4, 0.5) is 13.2 Å². The van der Waals surface area contributed by atoms with Crippen LogP contribution >= 0.6 is 0 Å². The molecule has 0 saturated heterocycles. The van der Waals surface area contributed by atoms with Crippen LogP contribution in [0.5, 0.6) is 0 Å². The van der Waals surface area contributed by atoms with Crippen LogP contribution in [0, 0.1) is 5.92 Å². The molecule has 5 nitrogen and oxygen atoms in total. The van der Waals surface area contributed by atoms with Gasteiger partial charge >= 0.3 is 6.18 Å². The van der Waals surface area contributed by atoms with Crippen LogP contribution in [0.1, 0.15) is 43.6 Å². The normalized spacial score (nSPS) is 25.1. The Balaban J connectivity index is 2.02. The molecule has 4 rings (SSSR count). The van der Waals surface area contributed by atoms with Crippen molar-refractivity contribution < 1.29 is 13.2 Å². The summed E-state index contributed by atoms with van der Waals surface area (Å²) < 4.78 is 42.0. The summed E-state index contributed by atoms with van der Waals surface area (Å²) in [5, 5.41) is 0. The third-order valence-corrected chi connectivity index (χ3v) is 5.06. The summed E-state index contributed by atoms with van der Waals surface area (Å²) in [7, 11) is 0. The summed E-state index contributed by atoms with van der Waals surface area (Å²) in [6.07, 6.45) is 0.745. The number of H-pyrrole nitrogens is 1. The summed E-state index contributed by atoms with van der Waals surface area (Å²) in [6, 6.07) is 1.74. The summed E-state index contributed by atoms with van der Waals surface area (Å²) in [6.45, 7) is 2.05. The lowest BCUT2D eigenvalue weighted by Gasteiger charge is -2.16. The highest BCUT2D eigenvalue weighted by Gasteiger charge is 2.41. The lowest BCUT2D eigenvalue weighted by atomic mass is 9.93. The molecule has 24 heavy (non-hydrogen) atoms. The molecule has 1 saturated carbocycles. The van der Waals surface area contributed by atoms with E-state index in [1.54, 1.807) is 16.7 Å². The SMILES string of the molecule is CC[C@@H]1C[C@H](N)C[C@@H]1c1nc(C(F)(F)F)c2cnc3[nH]ccc3n12. The number of imidazole rings is 1. The number of nitrogens with one attached hydrogen (secondary N) is 1. The van der Waals surface area contributed by atoms with Gasteiger partial charge in [0.15, 0.2) is 11.3 Å². The van der Waals surface area contributed by atoms with Crippen molar-refractivity contribution in [1.29, 1.82) is 0 Å². The predicted molar refractivity (Wildman–Crippen MR) is 83.6 cm³/mol. The quantitative estimate of drug-likeness (QED) is 0.752. The summed E-state index contributed by atoms with van der Waals surface area (Å²) in [5.74, 6) is 0.618. The van der Waals surface area contributed by atoms with Gasteiger partial charge in [0, 0.05) is 18.2 Å². The number of alkyl halides is 3. The zero-order valence-electron chi connectivity index (χ0n) is 13.1. The highest BCUT2D eigenvalue weighted by atomic mass is 19.4. The fourth-order valence-corrected chi connectivity index (χ4v) is 3.98. The van der Waals surface area contributed by atoms with Crippen molar-refractivity contribution in [1.82, 2.24) is 19.4 Å². The number of fused-ring (bicyclic) bond motifs is 3. The molecular formula is C16H18F3N5. The van der Waals surface area contributed by atoms with E-state index in [1.807, 2.05) is 6.92 Å². The van der Waals surface area contributed by atoms with Gasteiger partial charge in [-0.3, -0.25) is 4.40 Å². The molecule has 3 N–H and O–H groups in total. The van der Waals surface area contributed by atoms with Crippen molar-refractivity contribution in [2.75, 3.05) is 0 Å². The lowest BCUT2D eigenvalue weighted by molar-refractivity contribution is -0.139. The maximum Gasteiger partial charge on any atom is 0.435 e. The lowest BCUT2D eigenvalue weighted by Crippen LogP contribution is -2.15. The van der Waals surface area contributed by atoms with Gasteiger partial charge < -0.3 is 10.7 Å². The molecule has 3 aromatic heterocycles. The molecule has 0 aliphatic heterocycles. The maximum atomic E-state index is 13.5. The summed E-state index contributed by atoms with van der Waals surface area (Å²) >= 11 is 0. The Kier molecular flexibility index (Phi) is 3.35. The highest BCUT2D eigenvalue weighted by Crippen LogP contribution is 2.43. The van der Waals surface area contributed by atoms with E-state index >= 15 is 0 Å². The molecule has 1 fully saturated rings. The van der Waals surface area contributed by atoms with E-state index in [2.05, 4.69) is 15.0 Å². The molecule has 3 heterocycles. The smallest absolute Gasteiger partial charge is 0.345 e. The van der Waals surface area contributed by atoms with Gasteiger partial charge in [-0.1, -0.05) is 13.3 Å². The number of rotatable bonds is 2. The second kappa shape index (κ2) is 5.20. The Hall–Kier alpha value is -2.09. The number of aromatic amines is 1. The number of nitrogens with zero attached hydrogens (tertiary/aromatic N) is 3. The van der Waals surface area contributed by atoms with Crippen molar-refractivity contribution in [2.24, 2.45) is 11.7 Å². The summed E-state index contributed by atoms with van der Waals surface area (Å²) in [5.41, 5.74) is 6.37. The van der Waals surface area contributed by atoms with Gasteiger partial charge in [-0.05, 0) is 24.8 Å². The first-order valence-electron chi connectivity index (χ1n) is 8.07. The Morgan fingerprint density at radius 3 is 2.83 bits per heavy atom. The average molecular weight is 337 g/mol. The Morgan fingerprint density at radius 1 is 1.33 bits per heavy atom. The van der Waals surface area contributed by atoms with E-state index in [9.17, 15) is 13.2 Å². The molecule has 0 spiro atoms. The molecule has 3 aromatic rings. The van der Waals surface area contributed by atoms with Crippen molar-refractivity contribution in [3.8, 4) is 0 Å². The second-order valence-electron chi connectivity index (χ2n) is 6.51. The molecule has 128 valence electrons. The van der Waals surface area contributed by atoms with E-state index < -0.39 is 11.9 Å². The molecule has 0 radical (unpaired) electrons. The fraction of sp³-hybridized carbons (Fsp3) is 0.500. The van der Waals surface area contributed by atoms with Crippen molar-refractivity contribution >= 4 is 16.7 Å². The third kappa shape index (κ3) is 2.20. The van der Waals surface area contributed by atoms with Crippen molar-refractivity contribution in [3.05, 3.63) is 30.0 Å². The second-order valence-corrected chi connectivity index (χ2v) is 6.51. The monoisotopic (exact) mass is 337 g/mol. The molecule has 8 heteroatoms. The average Bonchev–Trinajstić information content (AvgIpc) is 3.20. The molecule has 0 amide bonds. The molecule has 3 atom stereocenters. The van der Waals surface area contributed by atoms with Crippen LogP contribution in [0.2, 0.25) is 0 Å². The number of hydrogen-bond donors (Lipinski definition) is 2. The van der Waals surface area contributed by atoms with E-state index in [0.29, 0.717) is 23.4 Å². The standard InChI is InChI=1S/C16H18F3N5/c1-2-8-5-9(20)6-10(8)15-23-13(16(17,18)19)12-7-22-14-11(24(12)15)3-4-21-14/h3-4,7-10,21H,2,5-6,20H2,1H3/t8-,9+,10+/m1/s1. The summed E-state index contributed by atoms with van der Waals surface area (Å²) in [4.78, 5) is 11.1. The van der Waals surface area contributed by atoms with Crippen molar-refractivity contribution in [3.63, 3.8) is 0 Å². The first kappa shape index (κ1) is 15.4. The topological polar surface area (TPSA) is 72.0 Å². The molecule has 0 bridgehead atoms. The van der Waals surface area contributed by atoms with Gasteiger partial charge in [-0.15, -0.1) is 0 Å². The molecule has 0 unspecified atom stereocenters. The Bertz CT molecular complexity index is 894. The van der Waals surface area contributed by atoms with E-state index in [4.69, 9.17) is 5.73 Å². The molecule has 1 aliphatic rings. The first-order chi connectivity index (χ1) is 11.4. The highest BCUT2D eigenvalue weighted by molar-refractivity contribution is 5.76.